The minimum absolute atomic E-state index is 0.873. The van der Waals surface area contributed by atoms with E-state index in [0.717, 1.165) is 31.1 Å². The van der Waals surface area contributed by atoms with E-state index in [-0.39, 0.29) is 0 Å². The lowest BCUT2D eigenvalue weighted by Gasteiger charge is -2.14. The van der Waals surface area contributed by atoms with E-state index >= 15 is 0 Å². The van der Waals surface area contributed by atoms with E-state index in [9.17, 15) is 0 Å². The highest BCUT2D eigenvalue weighted by atomic mass is 15.2. The number of imidazole rings is 1. The lowest BCUT2D eigenvalue weighted by molar-refractivity contribution is 0.265. The molecular weight excluding hydrogens is 212 g/mol. The molecule has 0 aliphatic carbocycles. The Balaban J connectivity index is 1.79. The van der Waals surface area contributed by atoms with E-state index in [1.807, 2.05) is 31.6 Å². The molecular formula is C13H16N4. The molecule has 0 atom stereocenters. The van der Waals surface area contributed by atoms with Crippen molar-refractivity contribution in [3.8, 4) is 0 Å². The summed E-state index contributed by atoms with van der Waals surface area (Å²) < 4.78 is 2.06. The first-order valence-electron chi connectivity index (χ1n) is 5.79. The van der Waals surface area contributed by atoms with E-state index in [1.165, 1.54) is 11.1 Å². The van der Waals surface area contributed by atoms with Crippen molar-refractivity contribution < 1.29 is 0 Å². The molecule has 3 rings (SSSR count). The van der Waals surface area contributed by atoms with E-state index < -0.39 is 0 Å². The molecule has 2 N–H and O–H groups in total. The topological polar surface area (TPSA) is 47.1 Å². The quantitative estimate of drug-likeness (QED) is 0.793. The zero-order valence-corrected chi connectivity index (χ0v) is 9.93. The third kappa shape index (κ3) is 1.80. The van der Waals surface area contributed by atoms with Crippen molar-refractivity contribution in [1.29, 1.82) is 0 Å². The Hall–Kier alpha value is -1.81. The Morgan fingerprint density at radius 1 is 1.35 bits per heavy atom. The van der Waals surface area contributed by atoms with Gasteiger partial charge in [0, 0.05) is 38.2 Å². The minimum atomic E-state index is 0.873. The molecule has 0 fully saturated rings. The van der Waals surface area contributed by atoms with Gasteiger partial charge >= 0.3 is 0 Å². The van der Waals surface area contributed by atoms with Crippen LogP contribution >= 0.6 is 0 Å². The SMILES string of the molecule is Cn1ccnc1CN1Cc2cccc(N)c2C1. The number of aromatic nitrogens is 2. The third-order valence-corrected chi connectivity index (χ3v) is 3.37. The van der Waals surface area contributed by atoms with Gasteiger partial charge in [-0.05, 0) is 17.2 Å². The van der Waals surface area contributed by atoms with Crippen LogP contribution in [0.15, 0.2) is 30.6 Å². The molecule has 1 aliphatic rings. The standard InChI is InChI=1S/C13H16N4/c1-16-6-5-15-13(16)9-17-7-10-3-2-4-12(14)11(10)8-17/h2-6H,7-9,14H2,1H3. The van der Waals surface area contributed by atoms with Crippen molar-refractivity contribution in [3.63, 3.8) is 0 Å². The van der Waals surface area contributed by atoms with Gasteiger partial charge in [0.15, 0.2) is 0 Å². The molecule has 2 heterocycles. The fourth-order valence-corrected chi connectivity index (χ4v) is 2.38. The summed E-state index contributed by atoms with van der Waals surface area (Å²) in [5.41, 5.74) is 9.52. The number of nitrogen functional groups attached to an aromatic ring is 1. The van der Waals surface area contributed by atoms with Gasteiger partial charge in [-0.3, -0.25) is 4.90 Å². The molecule has 17 heavy (non-hydrogen) atoms. The molecule has 88 valence electrons. The highest BCUT2D eigenvalue weighted by molar-refractivity contribution is 5.52. The van der Waals surface area contributed by atoms with Crippen LogP contribution in [0.25, 0.3) is 0 Å². The molecule has 0 amide bonds. The van der Waals surface area contributed by atoms with Crippen LogP contribution in [0.2, 0.25) is 0 Å². The van der Waals surface area contributed by atoms with Crippen molar-refractivity contribution >= 4 is 5.69 Å². The Morgan fingerprint density at radius 2 is 2.24 bits per heavy atom. The van der Waals surface area contributed by atoms with Crippen LogP contribution < -0.4 is 5.73 Å². The monoisotopic (exact) mass is 228 g/mol. The Morgan fingerprint density at radius 3 is 2.94 bits per heavy atom. The van der Waals surface area contributed by atoms with E-state index in [2.05, 4.69) is 20.5 Å². The average Bonchev–Trinajstić information content (AvgIpc) is 2.87. The fraction of sp³-hybridized carbons (Fsp3) is 0.308. The molecule has 0 radical (unpaired) electrons. The molecule has 0 spiro atoms. The Kier molecular flexibility index (Phi) is 2.37. The Bertz CT molecular complexity index is 542. The van der Waals surface area contributed by atoms with Crippen molar-refractivity contribution in [2.75, 3.05) is 5.73 Å². The van der Waals surface area contributed by atoms with Gasteiger partial charge in [-0.15, -0.1) is 0 Å². The molecule has 0 saturated heterocycles. The number of nitrogens with zero attached hydrogens (tertiary/aromatic N) is 3. The maximum Gasteiger partial charge on any atom is 0.122 e. The van der Waals surface area contributed by atoms with Gasteiger partial charge in [-0.1, -0.05) is 12.1 Å². The second-order valence-electron chi connectivity index (χ2n) is 4.58. The lowest BCUT2D eigenvalue weighted by Crippen LogP contribution is -2.18. The summed E-state index contributed by atoms with van der Waals surface area (Å²) >= 11 is 0. The number of anilines is 1. The molecule has 0 unspecified atom stereocenters. The molecule has 0 bridgehead atoms. The number of fused-ring (bicyclic) bond motifs is 1. The van der Waals surface area contributed by atoms with E-state index in [4.69, 9.17) is 5.73 Å². The number of benzene rings is 1. The number of hydrogen-bond donors (Lipinski definition) is 1. The fourth-order valence-electron chi connectivity index (χ4n) is 2.38. The van der Waals surface area contributed by atoms with Crippen molar-refractivity contribution in [2.45, 2.75) is 19.6 Å². The molecule has 1 aliphatic heterocycles. The van der Waals surface area contributed by atoms with Crippen molar-refractivity contribution in [1.82, 2.24) is 14.5 Å². The van der Waals surface area contributed by atoms with Crippen LogP contribution in [-0.4, -0.2) is 14.5 Å². The molecule has 4 heteroatoms. The van der Waals surface area contributed by atoms with Crippen LogP contribution in [0, 0.1) is 0 Å². The lowest BCUT2D eigenvalue weighted by atomic mass is 10.1. The molecule has 0 saturated carbocycles. The van der Waals surface area contributed by atoms with E-state index in [0.29, 0.717) is 0 Å². The normalized spacial score (nSPS) is 15.1. The van der Waals surface area contributed by atoms with Gasteiger partial charge in [0.05, 0.1) is 6.54 Å². The van der Waals surface area contributed by atoms with Crippen LogP contribution in [0.3, 0.4) is 0 Å². The maximum atomic E-state index is 5.99. The Labute approximate surface area is 101 Å². The number of nitrogens with two attached hydrogens (primary N) is 1. The predicted molar refractivity (Wildman–Crippen MR) is 67.0 cm³/mol. The highest BCUT2D eigenvalue weighted by Gasteiger charge is 2.21. The zero-order valence-electron chi connectivity index (χ0n) is 9.93. The van der Waals surface area contributed by atoms with E-state index in [1.54, 1.807) is 0 Å². The second-order valence-corrected chi connectivity index (χ2v) is 4.58. The molecule has 1 aromatic carbocycles. The van der Waals surface area contributed by atoms with Crippen molar-refractivity contribution in [2.24, 2.45) is 7.05 Å². The minimum Gasteiger partial charge on any atom is -0.398 e. The summed E-state index contributed by atoms with van der Waals surface area (Å²) in [5, 5.41) is 0. The second kappa shape index (κ2) is 3.89. The van der Waals surface area contributed by atoms with Gasteiger partial charge in [-0.2, -0.15) is 0 Å². The number of rotatable bonds is 2. The van der Waals surface area contributed by atoms with Crippen LogP contribution in [0.4, 0.5) is 5.69 Å². The number of aryl methyl sites for hydroxylation is 1. The summed E-state index contributed by atoms with van der Waals surface area (Å²) in [6, 6.07) is 6.16. The first-order chi connectivity index (χ1) is 8.24. The summed E-state index contributed by atoms with van der Waals surface area (Å²) in [4.78, 5) is 6.72. The van der Waals surface area contributed by atoms with Gasteiger partial charge in [0.25, 0.3) is 0 Å². The molecule has 2 aromatic rings. The van der Waals surface area contributed by atoms with Gasteiger partial charge in [-0.25, -0.2) is 4.98 Å². The van der Waals surface area contributed by atoms with Gasteiger partial charge in [0.1, 0.15) is 5.82 Å². The summed E-state index contributed by atoms with van der Waals surface area (Å²) in [6.45, 7) is 2.76. The van der Waals surface area contributed by atoms with Crippen LogP contribution in [-0.2, 0) is 26.7 Å². The first-order valence-corrected chi connectivity index (χ1v) is 5.79. The zero-order chi connectivity index (χ0) is 11.8. The largest absolute Gasteiger partial charge is 0.398 e. The van der Waals surface area contributed by atoms with Gasteiger partial charge < -0.3 is 10.3 Å². The summed E-state index contributed by atoms with van der Waals surface area (Å²) in [5.74, 6) is 1.09. The smallest absolute Gasteiger partial charge is 0.122 e. The molecule has 4 nitrogen and oxygen atoms in total. The van der Waals surface area contributed by atoms with Crippen LogP contribution in [0.5, 0.6) is 0 Å². The predicted octanol–water partition coefficient (Wildman–Crippen LogP) is 1.52. The third-order valence-electron chi connectivity index (χ3n) is 3.37. The average molecular weight is 228 g/mol. The molecule has 1 aromatic heterocycles. The van der Waals surface area contributed by atoms with Crippen LogP contribution in [0.1, 0.15) is 17.0 Å². The number of hydrogen-bond acceptors (Lipinski definition) is 3. The first kappa shape index (κ1) is 10.4. The van der Waals surface area contributed by atoms with Gasteiger partial charge in [0.2, 0.25) is 0 Å². The summed E-state index contributed by atoms with van der Waals surface area (Å²) in [7, 11) is 2.03. The van der Waals surface area contributed by atoms with Crippen molar-refractivity contribution in [3.05, 3.63) is 47.5 Å². The maximum absolute atomic E-state index is 5.99. The highest BCUT2D eigenvalue weighted by Crippen LogP contribution is 2.28. The summed E-state index contributed by atoms with van der Waals surface area (Å²) in [6.07, 6.45) is 3.82.